The highest BCUT2D eigenvalue weighted by Crippen LogP contribution is 2.48. The van der Waals surface area contributed by atoms with Crippen LogP contribution < -0.4 is 4.90 Å². The number of hydrogen-bond donors (Lipinski definition) is 0. The summed E-state index contributed by atoms with van der Waals surface area (Å²) in [6.07, 6.45) is 0. The molecule has 0 aliphatic rings. The van der Waals surface area contributed by atoms with Gasteiger partial charge in [-0.05, 0) is 88.6 Å². The smallest absolute Gasteiger partial charge is 0.159 e. The second kappa shape index (κ2) is 12.7. The molecule has 4 nitrogen and oxygen atoms in total. The van der Waals surface area contributed by atoms with Gasteiger partial charge < -0.3 is 18.3 Å². The molecule has 0 radical (unpaired) electrons. The Morgan fingerprint density at radius 3 is 1.75 bits per heavy atom. The first-order chi connectivity index (χ1) is 29.8. The summed E-state index contributed by atoms with van der Waals surface area (Å²) < 4.78 is 16.0. The van der Waals surface area contributed by atoms with Crippen molar-refractivity contribution in [2.45, 2.75) is 0 Å². The lowest BCUT2D eigenvalue weighted by molar-refractivity contribution is 0.672. The number of aromatic nitrogens is 1. The maximum absolute atomic E-state index is 7.04. The molecule has 0 unspecified atom stereocenters. The van der Waals surface area contributed by atoms with Crippen LogP contribution in [0.15, 0.2) is 215 Å². The van der Waals surface area contributed by atoms with Crippen molar-refractivity contribution in [3.8, 4) is 16.8 Å². The fraction of sp³-hybridized carbons (Fsp3) is 0. The van der Waals surface area contributed by atoms with Gasteiger partial charge in [-0.3, -0.25) is 0 Å². The van der Waals surface area contributed by atoms with Crippen LogP contribution in [-0.2, 0) is 0 Å². The number of benzene rings is 10. The zero-order valence-corrected chi connectivity index (χ0v) is 32.3. The van der Waals surface area contributed by atoms with Crippen LogP contribution in [-0.4, -0.2) is 4.57 Å². The average molecular weight is 767 g/mol. The van der Waals surface area contributed by atoms with Crippen LogP contribution in [0.1, 0.15) is 0 Å². The van der Waals surface area contributed by atoms with Crippen molar-refractivity contribution in [3.63, 3.8) is 0 Å². The van der Waals surface area contributed by atoms with Crippen molar-refractivity contribution < 1.29 is 8.83 Å². The zero-order valence-electron chi connectivity index (χ0n) is 32.3. The van der Waals surface area contributed by atoms with E-state index in [1.165, 1.54) is 16.2 Å². The van der Waals surface area contributed by atoms with Gasteiger partial charge in [0.2, 0.25) is 0 Å². The second-order valence-corrected chi connectivity index (χ2v) is 15.6. The molecular weight excluding hydrogens is 733 g/mol. The number of furan rings is 2. The summed E-state index contributed by atoms with van der Waals surface area (Å²) in [7, 11) is 0. The first kappa shape index (κ1) is 32.9. The number of rotatable bonds is 5. The van der Waals surface area contributed by atoms with Crippen LogP contribution in [0.5, 0.6) is 0 Å². The van der Waals surface area contributed by atoms with Gasteiger partial charge in [0.15, 0.2) is 5.58 Å². The summed E-state index contributed by atoms with van der Waals surface area (Å²) in [5.41, 5.74) is 12.3. The molecule has 60 heavy (non-hydrogen) atoms. The van der Waals surface area contributed by atoms with E-state index in [-0.39, 0.29) is 0 Å². The molecule has 0 aliphatic carbocycles. The minimum atomic E-state index is 0.846. The topological polar surface area (TPSA) is 34.5 Å². The summed E-state index contributed by atoms with van der Waals surface area (Å²) in [5.74, 6) is 0. The summed E-state index contributed by atoms with van der Waals surface area (Å²) in [6, 6.07) is 73.6. The number of nitrogens with zero attached hydrogens (tertiary/aromatic N) is 2. The Kier molecular flexibility index (Phi) is 6.98. The van der Waals surface area contributed by atoms with Gasteiger partial charge in [0.25, 0.3) is 0 Å². The predicted molar refractivity (Wildman–Crippen MR) is 250 cm³/mol. The van der Waals surface area contributed by atoms with Gasteiger partial charge in [0, 0.05) is 54.5 Å². The molecule has 0 saturated carbocycles. The quantitative estimate of drug-likeness (QED) is 0.175. The summed E-state index contributed by atoms with van der Waals surface area (Å²) in [6.45, 7) is 0. The molecule has 0 spiro atoms. The first-order valence-electron chi connectivity index (χ1n) is 20.4. The largest absolute Gasteiger partial charge is 0.455 e. The van der Waals surface area contributed by atoms with Crippen molar-refractivity contribution in [3.05, 3.63) is 206 Å². The van der Waals surface area contributed by atoms with Crippen molar-refractivity contribution in [2.24, 2.45) is 0 Å². The highest BCUT2D eigenvalue weighted by Gasteiger charge is 2.25. The van der Waals surface area contributed by atoms with Crippen LogP contribution in [0.4, 0.5) is 17.1 Å². The van der Waals surface area contributed by atoms with E-state index in [1.54, 1.807) is 0 Å². The van der Waals surface area contributed by atoms with E-state index in [0.717, 1.165) is 105 Å². The third kappa shape index (κ3) is 4.73. The van der Waals surface area contributed by atoms with Crippen molar-refractivity contribution in [2.75, 3.05) is 4.90 Å². The number of para-hydroxylation sites is 3. The molecule has 0 atom stereocenters. The molecule has 10 aromatic carbocycles. The first-order valence-corrected chi connectivity index (χ1v) is 20.4. The molecular formula is C56H34N2O2. The van der Waals surface area contributed by atoms with Crippen molar-refractivity contribution in [1.82, 2.24) is 4.57 Å². The maximum atomic E-state index is 7.04. The fourth-order valence-corrected chi connectivity index (χ4v) is 9.72. The van der Waals surface area contributed by atoms with E-state index in [9.17, 15) is 0 Å². The molecule has 3 heterocycles. The van der Waals surface area contributed by atoms with Crippen molar-refractivity contribution >= 4 is 104 Å². The van der Waals surface area contributed by atoms with Crippen LogP contribution in [0.2, 0.25) is 0 Å². The zero-order chi connectivity index (χ0) is 39.3. The lowest BCUT2D eigenvalue weighted by atomic mass is 9.98. The highest BCUT2D eigenvalue weighted by atomic mass is 16.3. The van der Waals surface area contributed by atoms with Gasteiger partial charge in [-0.1, -0.05) is 140 Å². The lowest BCUT2D eigenvalue weighted by Gasteiger charge is -2.27. The summed E-state index contributed by atoms with van der Waals surface area (Å²) in [4.78, 5) is 2.39. The number of fused-ring (bicyclic) bond motifs is 13. The molecule has 13 rings (SSSR count). The molecule has 0 N–H and O–H groups in total. The van der Waals surface area contributed by atoms with Crippen LogP contribution in [0.25, 0.3) is 104 Å². The standard InChI is InChI=1S/C56H34N2O2/c1-2-15-38(16-3-1)57-47-22-9-8-19-45(47)53-48(57)23-12-24-49(53)58(50-25-10-21-43-44-33-29-35-13-4-6-17-41(35)54(44)60-56(43)50)39-31-27-37(28-32-39)40-20-11-26-51-52(40)46-34-30-36-14-5-7-18-42(36)55(46)59-51/h1-34H. The third-order valence-corrected chi connectivity index (χ3v) is 12.4. The van der Waals surface area contributed by atoms with Crippen LogP contribution in [0, 0.1) is 0 Å². The van der Waals surface area contributed by atoms with Gasteiger partial charge in [-0.15, -0.1) is 0 Å². The monoisotopic (exact) mass is 766 g/mol. The van der Waals surface area contributed by atoms with Crippen LogP contribution >= 0.6 is 0 Å². The lowest BCUT2D eigenvalue weighted by Crippen LogP contribution is -2.10. The van der Waals surface area contributed by atoms with Crippen LogP contribution in [0.3, 0.4) is 0 Å². The van der Waals surface area contributed by atoms with Gasteiger partial charge in [0.1, 0.15) is 16.7 Å². The van der Waals surface area contributed by atoms with E-state index in [2.05, 4.69) is 216 Å². The Bertz CT molecular complexity index is 3830. The Hall–Kier alpha value is -8.08. The second-order valence-electron chi connectivity index (χ2n) is 15.6. The number of hydrogen-bond acceptors (Lipinski definition) is 3. The minimum Gasteiger partial charge on any atom is -0.455 e. The highest BCUT2D eigenvalue weighted by molar-refractivity contribution is 6.21. The minimum absolute atomic E-state index is 0.846. The fourth-order valence-electron chi connectivity index (χ4n) is 9.72. The van der Waals surface area contributed by atoms with Crippen molar-refractivity contribution in [1.29, 1.82) is 0 Å². The molecule has 0 fully saturated rings. The van der Waals surface area contributed by atoms with Gasteiger partial charge in [0.05, 0.1) is 22.4 Å². The van der Waals surface area contributed by atoms with E-state index < -0.39 is 0 Å². The molecule has 3 aromatic heterocycles. The molecule has 13 aromatic rings. The Balaban J connectivity index is 1.07. The normalized spacial score (nSPS) is 12.0. The third-order valence-electron chi connectivity index (χ3n) is 12.4. The summed E-state index contributed by atoms with van der Waals surface area (Å²) in [5, 5.41) is 11.3. The van der Waals surface area contributed by atoms with Gasteiger partial charge in [-0.2, -0.15) is 0 Å². The Morgan fingerprint density at radius 1 is 0.350 bits per heavy atom. The maximum Gasteiger partial charge on any atom is 0.159 e. The average Bonchev–Trinajstić information content (AvgIpc) is 4.00. The van der Waals surface area contributed by atoms with Gasteiger partial charge in [-0.25, -0.2) is 0 Å². The van der Waals surface area contributed by atoms with E-state index in [1.807, 2.05) is 0 Å². The Labute approximate surface area is 344 Å². The molecule has 0 bridgehead atoms. The molecule has 0 saturated heterocycles. The molecule has 0 aliphatic heterocycles. The Morgan fingerprint density at radius 2 is 0.950 bits per heavy atom. The van der Waals surface area contributed by atoms with E-state index >= 15 is 0 Å². The SMILES string of the molecule is c1ccc(-n2c3ccccc3c3c(N(c4ccc(-c5cccc6oc7c8ccccc8ccc7c56)cc4)c4cccc5c4oc4c6ccccc6ccc54)cccc32)cc1. The molecule has 4 heteroatoms. The van der Waals surface area contributed by atoms with Gasteiger partial charge >= 0.3 is 0 Å². The molecule has 0 amide bonds. The number of anilines is 3. The summed E-state index contributed by atoms with van der Waals surface area (Å²) >= 11 is 0. The molecule has 280 valence electrons. The van der Waals surface area contributed by atoms with E-state index in [4.69, 9.17) is 8.83 Å². The van der Waals surface area contributed by atoms with E-state index in [0.29, 0.717) is 0 Å². The predicted octanol–water partition coefficient (Wildman–Crippen LogP) is 16.0.